The summed E-state index contributed by atoms with van der Waals surface area (Å²) < 4.78 is 0. The first-order valence-electron chi connectivity index (χ1n) is 0. The molecule has 0 heterocycles. The van der Waals surface area contributed by atoms with Gasteiger partial charge >= 0.3 is 0 Å². The molecule has 0 aliphatic heterocycles. The van der Waals surface area contributed by atoms with Crippen molar-refractivity contribution in [3.63, 3.8) is 0 Å². The van der Waals surface area contributed by atoms with Crippen molar-refractivity contribution in [1.82, 2.24) is 0 Å². The molecule has 0 N–H and O–H groups in total. The molecular weight excluding hydrogens is 171 g/mol. The van der Waals surface area contributed by atoms with E-state index < -0.39 is 0 Å². The summed E-state index contributed by atoms with van der Waals surface area (Å²) in [6.45, 7) is 0. The summed E-state index contributed by atoms with van der Waals surface area (Å²) in [6, 6.07) is 0. The number of hydrogen-bond donors (Lipinski definition) is 0. The molecule has 0 atom stereocenters. The van der Waals surface area contributed by atoms with Crippen LogP contribution in [0.15, 0.2) is 0 Å². The molecule has 0 nitrogen and oxygen atoms in total. The molecule has 0 aromatic carbocycles. The maximum absolute atomic E-state index is 0. The summed E-state index contributed by atoms with van der Waals surface area (Å²) >= 11 is 0. The molecule has 4 heavy (non-hydrogen) atoms. The van der Waals surface area contributed by atoms with Gasteiger partial charge in [-0.2, -0.15) is 0 Å². The largest absolute Gasteiger partial charge is 0 e. The predicted molar refractivity (Wildman–Crippen MR) is 14.5 cm³/mol. The van der Waals surface area contributed by atoms with Crippen LogP contribution in [0.2, 0.25) is 0 Å². The van der Waals surface area contributed by atoms with Crippen LogP contribution in [0, 0.1) is 0 Å². The van der Waals surface area contributed by atoms with Crippen LogP contribution in [-0.2, 0) is 34.4 Å². The molecule has 0 aromatic heterocycles. The van der Waals surface area contributed by atoms with Crippen molar-refractivity contribution in [2.75, 3.05) is 0 Å². The van der Waals surface area contributed by atoms with E-state index in [1.54, 1.807) is 0 Å². The van der Waals surface area contributed by atoms with Crippen LogP contribution < -0.4 is 0 Å². The minimum atomic E-state index is 0. The maximum atomic E-state index is 0. The van der Waals surface area contributed by atoms with Crippen LogP contribution in [0.25, 0.3) is 0 Å². The van der Waals surface area contributed by atoms with Crippen LogP contribution in [0.4, 0.5) is 0 Å². The molecule has 25 valence electrons. The summed E-state index contributed by atoms with van der Waals surface area (Å²) in [4.78, 5) is 0. The average Bonchev–Trinajstić information content (AvgIpc) is 0. The van der Waals surface area contributed by atoms with Crippen LogP contribution in [0.1, 0.15) is 0 Å². The van der Waals surface area contributed by atoms with Gasteiger partial charge in [-0.1, -0.05) is 0 Å². The molecule has 0 saturated carbocycles. The Morgan fingerprint density at radius 2 is 1.00 bits per heavy atom. The first-order valence-corrected chi connectivity index (χ1v) is 0. The molecule has 5 radical (unpaired) electrons. The second kappa shape index (κ2) is 21.1. The van der Waals surface area contributed by atoms with Crippen molar-refractivity contribution in [2.24, 2.45) is 0 Å². The van der Waals surface area contributed by atoms with E-state index >= 15 is 0 Å². The molecule has 0 amide bonds. The van der Waals surface area contributed by atoms with Gasteiger partial charge in [-0.05, 0) is 0 Å². The maximum Gasteiger partial charge on any atom is 0 e. The normalized spacial score (nSPS) is 0. The van der Waals surface area contributed by atoms with Gasteiger partial charge in [-0.25, -0.2) is 0 Å². The molecule has 0 unspecified atom stereocenters. The molecule has 0 aromatic rings. The SMILES string of the molecule is [Cr].[Fe].[P].[S]. The van der Waals surface area contributed by atoms with Crippen LogP contribution in [0.5, 0.6) is 0 Å². The van der Waals surface area contributed by atoms with Gasteiger partial charge in [-0.15, -0.1) is 0 Å². The standard InChI is InChI=1S/Cr.Fe.P.S. The van der Waals surface area contributed by atoms with Crippen LogP contribution in [0.3, 0.4) is 0 Å². The van der Waals surface area contributed by atoms with Gasteiger partial charge < -0.3 is 0 Å². The van der Waals surface area contributed by atoms with Crippen molar-refractivity contribution < 1.29 is 34.4 Å². The van der Waals surface area contributed by atoms with Gasteiger partial charge in [0.05, 0.1) is 0 Å². The Kier molecular flexibility index (Phi) is 214. The molecule has 0 spiro atoms. The second-order valence-electron chi connectivity index (χ2n) is 0. The Labute approximate surface area is 57.8 Å². The molecule has 4 heteroatoms. The Balaban J connectivity index is 0. The predicted octanol–water partition coefficient (Wildman–Crippen LogP) is 1.50. The third-order valence-corrected chi connectivity index (χ3v) is 0. The Bertz CT molecular complexity index is 8.00. The fourth-order valence-corrected chi connectivity index (χ4v) is 0. The van der Waals surface area contributed by atoms with E-state index in [0.717, 1.165) is 0 Å². The topological polar surface area (TPSA) is 0 Å². The van der Waals surface area contributed by atoms with E-state index in [1.807, 2.05) is 0 Å². The molecule has 0 rings (SSSR count). The fourth-order valence-electron chi connectivity index (χ4n) is 0. The molecule has 0 saturated heterocycles. The van der Waals surface area contributed by atoms with Gasteiger partial charge in [0.2, 0.25) is 0 Å². The smallest absolute Gasteiger partial charge is 0 e. The zero-order valence-corrected chi connectivity index (χ0v) is 5.71. The summed E-state index contributed by atoms with van der Waals surface area (Å²) in [5.74, 6) is 0. The Hall–Kier alpha value is 1.83. The minimum absolute atomic E-state index is 0. The Morgan fingerprint density at radius 3 is 1.00 bits per heavy atom. The summed E-state index contributed by atoms with van der Waals surface area (Å²) in [5.41, 5.74) is 0. The Morgan fingerprint density at radius 1 is 1.00 bits per heavy atom. The molecule has 0 bridgehead atoms. The zero-order chi connectivity index (χ0) is 0. The van der Waals surface area contributed by atoms with Gasteiger partial charge in [0.25, 0.3) is 0 Å². The average molecular weight is 171 g/mol. The van der Waals surface area contributed by atoms with E-state index in [2.05, 4.69) is 0 Å². The van der Waals surface area contributed by atoms with Gasteiger partial charge in [0, 0.05) is 57.8 Å². The van der Waals surface area contributed by atoms with Crippen molar-refractivity contribution >= 4 is 23.4 Å². The second-order valence-corrected chi connectivity index (χ2v) is 0. The first kappa shape index (κ1) is 40.6. The first-order chi connectivity index (χ1) is 0. The van der Waals surface area contributed by atoms with E-state index in [9.17, 15) is 0 Å². The zero-order valence-electron chi connectivity index (χ0n) is 1.62. The number of hydrogen-bond acceptors (Lipinski definition) is 0. The molecule has 0 aliphatic rings. The third kappa shape index (κ3) is 9.16. The van der Waals surface area contributed by atoms with Crippen LogP contribution in [-0.4, -0.2) is 0 Å². The minimum Gasteiger partial charge on any atom is 0 e. The van der Waals surface area contributed by atoms with Gasteiger partial charge in [-0.3, -0.25) is 0 Å². The van der Waals surface area contributed by atoms with Gasteiger partial charge in [0.1, 0.15) is 0 Å². The molecular formula is CrFePS. The summed E-state index contributed by atoms with van der Waals surface area (Å²) in [6.07, 6.45) is 0. The summed E-state index contributed by atoms with van der Waals surface area (Å²) in [5, 5.41) is 0. The molecule has 0 fully saturated rings. The van der Waals surface area contributed by atoms with Crippen molar-refractivity contribution in [1.29, 1.82) is 0 Å². The fraction of sp³-hybridized carbons (Fsp3) is 0. The van der Waals surface area contributed by atoms with Crippen molar-refractivity contribution in [3.8, 4) is 0 Å². The van der Waals surface area contributed by atoms with Crippen LogP contribution >= 0.6 is 23.4 Å². The van der Waals surface area contributed by atoms with E-state index in [-0.39, 0.29) is 57.8 Å². The third-order valence-electron chi connectivity index (χ3n) is 0. The quantitative estimate of drug-likeness (QED) is 0.382. The summed E-state index contributed by atoms with van der Waals surface area (Å²) in [7, 11) is 0. The van der Waals surface area contributed by atoms with Crippen molar-refractivity contribution in [3.05, 3.63) is 0 Å². The van der Waals surface area contributed by atoms with E-state index in [0.29, 0.717) is 0 Å². The van der Waals surface area contributed by atoms with Crippen molar-refractivity contribution in [2.45, 2.75) is 0 Å². The van der Waals surface area contributed by atoms with Gasteiger partial charge in [0.15, 0.2) is 0 Å². The number of rotatable bonds is 0. The monoisotopic (exact) mass is 171 g/mol. The van der Waals surface area contributed by atoms with E-state index in [4.69, 9.17) is 0 Å². The molecule has 0 aliphatic carbocycles. The van der Waals surface area contributed by atoms with E-state index in [1.165, 1.54) is 0 Å².